The van der Waals surface area contributed by atoms with Gasteiger partial charge in [0.05, 0.1) is 6.54 Å². The second-order valence-electron chi connectivity index (χ2n) is 5.24. The van der Waals surface area contributed by atoms with Gasteiger partial charge in [0.2, 0.25) is 5.91 Å². The summed E-state index contributed by atoms with van der Waals surface area (Å²) in [6, 6.07) is 3.77. The minimum atomic E-state index is -0.893. The average Bonchev–Trinajstić information content (AvgIpc) is 2.73. The van der Waals surface area contributed by atoms with Gasteiger partial charge in [0.25, 0.3) is 0 Å². The van der Waals surface area contributed by atoms with E-state index >= 15 is 0 Å². The third-order valence-corrected chi connectivity index (χ3v) is 3.68. The summed E-state index contributed by atoms with van der Waals surface area (Å²) in [6.45, 7) is 6.24. The van der Waals surface area contributed by atoms with Crippen molar-refractivity contribution >= 4 is 5.91 Å². The molecule has 3 nitrogen and oxygen atoms in total. The Labute approximate surface area is 111 Å². The average molecular weight is 268 g/mol. The monoisotopic (exact) mass is 268 g/mol. The lowest BCUT2D eigenvalue weighted by molar-refractivity contribution is -0.130. The van der Waals surface area contributed by atoms with E-state index in [0.29, 0.717) is 5.56 Å². The normalized spacial score (nSPS) is 21.3. The Bertz CT molecular complexity index is 490. The van der Waals surface area contributed by atoms with Crippen LogP contribution in [0.3, 0.4) is 0 Å². The quantitative estimate of drug-likeness (QED) is 0.913. The van der Waals surface area contributed by atoms with Gasteiger partial charge in [-0.15, -0.1) is 0 Å². The molecule has 0 saturated carbocycles. The van der Waals surface area contributed by atoms with E-state index in [-0.39, 0.29) is 30.6 Å². The molecule has 1 heterocycles. The first-order valence-corrected chi connectivity index (χ1v) is 6.41. The first-order chi connectivity index (χ1) is 8.91. The van der Waals surface area contributed by atoms with Crippen molar-refractivity contribution in [1.82, 2.24) is 10.2 Å². The zero-order chi connectivity index (χ0) is 14.2. The second-order valence-corrected chi connectivity index (χ2v) is 5.24. The number of nitrogens with one attached hydrogen (secondary N) is 1. The molecule has 2 rings (SSSR count). The van der Waals surface area contributed by atoms with Crippen molar-refractivity contribution in [3.05, 3.63) is 35.4 Å². The molecule has 2 unspecified atom stereocenters. The number of carbonyl (C=O) groups excluding carboxylic acids is 1. The standard InChI is InChI=1S/C14H18F2N2O/c1-8(2)9(3)18-13(19)7-17-14(18)10-4-5-11(15)12(16)6-10/h4-6,8-9,14,17H,7H2,1-3H3. The van der Waals surface area contributed by atoms with Gasteiger partial charge < -0.3 is 4.90 Å². The topological polar surface area (TPSA) is 32.3 Å². The number of hydrogen-bond donors (Lipinski definition) is 1. The zero-order valence-electron chi connectivity index (χ0n) is 11.3. The van der Waals surface area contributed by atoms with E-state index in [1.54, 1.807) is 4.90 Å². The van der Waals surface area contributed by atoms with Gasteiger partial charge in [0.15, 0.2) is 11.6 Å². The van der Waals surface area contributed by atoms with Crippen LogP contribution in [0.1, 0.15) is 32.5 Å². The zero-order valence-corrected chi connectivity index (χ0v) is 11.3. The first kappa shape index (κ1) is 13.9. The molecule has 0 spiro atoms. The maximum absolute atomic E-state index is 13.3. The van der Waals surface area contributed by atoms with Crippen molar-refractivity contribution in [3.63, 3.8) is 0 Å². The van der Waals surface area contributed by atoms with Gasteiger partial charge in [0, 0.05) is 6.04 Å². The highest BCUT2D eigenvalue weighted by atomic mass is 19.2. The molecule has 1 amide bonds. The number of benzene rings is 1. The molecule has 1 aromatic rings. The lowest BCUT2D eigenvalue weighted by Crippen LogP contribution is -2.40. The number of rotatable bonds is 3. The minimum Gasteiger partial charge on any atom is -0.319 e. The summed E-state index contributed by atoms with van der Waals surface area (Å²) in [5.41, 5.74) is 0.567. The van der Waals surface area contributed by atoms with Gasteiger partial charge >= 0.3 is 0 Å². The van der Waals surface area contributed by atoms with Crippen molar-refractivity contribution in [2.24, 2.45) is 5.92 Å². The van der Waals surface area contributed by atoms with Crippen LogP contribution in [0, 0.1) is 17.6 Å². The molecule has 19 heavy (non-hydrogen) atoms. The van der Waals surface area contributed by atoms with Crippen LogP contribution in [0.2, 0.25) is 0 Å². The molecule has 1 aliphatic heterocycles. The van der Waals surface area contributed by atoms with E-state index in [2.05, 4.69) is 5.32 Å². The molecule has 0 aromatic heterocycles. The molecule has 1 saturated heterocycles. The molecular formula is C14H18F2N2O. The Kier molecular flexibility index (Phi) is 3.85. The van der Waals surface area contributed by atoms with Crippen molar-refractivity contribution in [3.8, 4) is 0 Å². The molecule has 1 fully saturated rings. The smallest absolute Gasteiger partial charge is 0.238 e. The van der Waals surface area contributed by atoms with Gasteiger partial charge in [-0.2, -0.15) is 0 Å². The molecular weight excluding hydrogens is 250 g/mol. The Balaban J connectivity index is 2.32. The molecule has 5 heteroatoms. The summed E-state index contributed by atoms with van der Waals surface area (Å²) in [6.07, 6.45) is -0.389. The van der Waals surface area contributed by atoms with Crippen molar-refractivity contribution in [2.45, 2.75) is 33.0 Å². The van der Waals surface area contributed by atoms with Gasteiger partial charge in [-0.25, -0.2) is 8.78 Å². The fraction of sp³-hybridized carbons (Fsp3) is 0.500. The lowest BCUT2D eigenvalue weighted by atomic mass is 10.0. The highest BCUT2D eigenvalue weighted by Gasteiger charge is 2.36. The summed E-state index contributed by atoms with van der Waals surface area (Å²) < 4.78 is 26.3. The molecule has 0 aliphatic carbocycles. The maximum Gasteiger partial charge on any atom is 0.238 e. The number of carbonyl (C=O) groups is 1. The van der Waals surface area contributed by atoms with Gasteiger partial charge in [0.1, 0.15) is 6.17 Å². The molecule has 1 aromatic carbocycles. The molecule has 1 aliphatic rings. The predicted molar refractivity (Wildman–Crippen MR) is 68.2 cm³/mol. The summed E-state index contributed by atoms with van der Waals surface area (Å²) >= 11 is 0. The molecule has 0 bridgehead atoms. The number of nitrogens with zero attached hydrogens (tertiary/aromatic N) is 1. The van der Waals surface area contributed by atoms with E-state index in [9.17, 15) is 13.6 Å². The minimum absolute atomic E-state index is 0.0177. The summed E-state index contributed by atoms with van der Waals surface area (Å²) in [7, 11) is 0. The van der Waals surface area contributed by atoms with Crippen molar-refractivity contribution in [2.75, 3.05) is 6.54 Å². The van der Waals surface area contributed by atoms with E-state index in [0.717, 1.165) is 12.1 Å². The van der Waals surface area contributed by atoms with Crippen LogP contribution < -0.4 is 5.32 Å². The molecule has 1 N–H and O–H groups in total. The third kappa shape index (κ3) is 2.61. The number of hydrogen-bond acceptors (Lipinski definition) is 2. The van der Waals surface area contributed by atoms with E-state index in [1.165, 1.54) is 6.07 Å². The fourth-order valence-electron chi connectivity index (χ4n) is 2.26. The Morgan fingerprint density at radius 3 is 2.53 bits per heavy atom. The summed E-state index contributed by atoms with van der Waals surface area (Å²) in [5.74, 6) is -1.50. The highest BCUT2D eigenvalue weighted by Crippen LogP contribution is 2.28. The third-order valence-electron chi connectivity index (χ3n) is 3.68. The lowest BCUT2D eigenvalue weighted by Gasteiger charge is -2.33. The van der Waals surface area contributed by atoms with Crippen LogP contribution in [0.5, 0.6) is 0 Å². The van der Waals surface area contributed by atoms with Gasteiger partial charge in [-0.3, -0.25) is 10.1 Å². The molecule has 0 radical (unpaired) electrons. The van der Waals surface area contributed by atoms with Crippen LogP contribution in [-0.2, 0) is 4.79 Å². The fourth-order valence-corrected chi connectivity index (χ4v) is 2.26. The molecule has 104 valence electrons. The highest BCUT2D eigenvalue weighted by molar-refractivity contribution is 5.81. The second kappa shape index (κ2) is 5.25. The number of amides is 1. The van der Waals surface area contributed by atoms with Crippen molar-refractivity contribution in [1.29, 1.82) is 0 Å². The van der Waals surface area contributed by atoms with Crippen LogP contribution in [0.15, 0.2) is 18.2 Å². The predicted octanol–water partition coefficient (Wildman–Crippen LogP) is 2.44. The SMILES string of the molecule is CC(C)C(C)N1C(=O)CNC1c1ccc(F)c(F)c1. The van der Waals surface area contributed by atoms with Gasteiger partial charge in [-0.05, 0) is 30.5 Å². The van der Waals surface area contributed by atoms with Crippen LogP contribution in [-0.4, -0.2) is 23.4 Å². The summed E-state index contributed by atoms with van der Waals surface area (Å²) in [5, 5.41) is 3.04. The summed E-state index contributed by atoms with van der Waals surface area (Å²) in [4.78, 5) is 13.7. The van der Waals surface area contributed by atoms with E-state index < -0.39 is 11.6 Å². The first-order valence-electron chi connectivity index (χ1n) is 6.41. The molecule has 2 atom stereocenters. The Morgan fingerprint density at radius 1 is 1.26 bits per heavy atom. The van der Waals surface area contributed by atoms with Crippen LogP contribution in [0.4, 0.5) is 8.78 Å². The van der Waals surface area contributed by atoms with Crippen LogP contribution >= 0.6 is 0 Å². The van der Waals surface area contributed by atoms with Gasteiger partial charge in [-0.1, -0.05) is 19.9 Å². The van der Waals surface area contributed by atoms with Crippen molar-refractivity contribution < 1.29 is 13.6 Å². The van der Waals surface area contributed by atoms with Crippen LogP contribution in [0.25, 0.3) is 0 Å². The Hall–Kier alpha value is -1.49. The number of halogens is 2. The Morgan fingerprint density at radius 2 is 1.95 bits per heavy atom. The van der Waals surface area contributed by atoms with E-state index in [1.807, 2.05) is 20.8 Å². The van der Waals surface area contributed by atoms with E-state index in [4.69, 9.17) is 0 Å². The largest absolute Gasteiger partial charge is 0.319 e. The maximum atomic E-state index is 13.3.